The van der Waals surface area contributed by atoms with E-state index in [1.54, 1.807) is 31.2 Å². The summed E-state index contributed by atoms with van der Waals surface area (Å²) in [5.74, 6) is 0.360. The van der Waals surface area contributed by atoms with E-state index < -0.39 is 6.16 Å². The molecule has 2 amide bonds. The van der Waals surface area contributed by atoms with Crippen molar-refractivity contribution in [3.8, 4) is 5.75 Å². The molecule has 7 nitrogen and oxygen atoms in total. The maximum atomic E-state index is 11.8. The van der Waals surface area contributed by atoms with Crippen LogP contribution < -0.4 is 15.4 Å². The monoisotopic (exact) mass is 337 g/mol. The van der Waals surface area contributed by atoms with E-state index in [0.29, 0.717) is 18.0 Å². The Morgan fingerprint density at radius 1 is 1.08 bits per heavy atom. The van der Waals surface area contributed by atoms with Crippen LogP contribution in [-0.4, -0.2) is 49.9 Å². The summed E-state index contributed by atoms with van der Waals surface area (Å²) in [6, 6.07) is 6.24. The number of hydrogen-bond acceptors (Lipinski definition) is 5. The lowest BCUT2D eigenvalue weighted by Crippen LogP contribution is -2.32. The molecule has 1 aromatic carbocycles. The summed E-state index contributed by atoms with van der Waals surface area (Å²) < 4.78 is 9.63. The third-order valence-corrected chi connectivity index (χ3v) is 3.41. The Morgan fingerprint density at radius 2 is 1.75 bits per heavy atom. The topological polar surface area (TPSA) is 79.9 Å². The molecular formula is C17H27N3O4. The van der Waals surface area contributed by atoms with Gasteiger partial charge in [0, 0.05) is 12.2 Å². The van der Waals surface area contributed by atoms with Gasteiger partial charge < -0.3 is 25.0 Å². The van der Waals surface area contributed by atoms with Gasteiger partial charge in [0.2, 0.25) is 0 Å². The van der Waals surface area contributed by atoms with Crippen molar-refractivity contribution in [2.24, 2.45) is 0 Å². The Hall–Kier alpha value is -2.28. The van der Waals surface area contributed by atoms with Gasteiger partial charge in [0.05, 0.1) is 6.61 Å². The number of amides is 2. The van der Waals surface area contributed by atoms with E-state index in [9.17, 15) is 9.59 Å². The number of nitrogens with zero attached hydrogens (tertiary/aromatic N) is 1. The number of benzene rings is 1. The average Bonchev–Trinajstić information content (AvgIpc) is 2.57. The minimum atomic E-state index is -0.746. The average molecular weight is 337 g/mol. The van der Waals surface area contributed by atoms with Crippen LogP contribution in [-0.2, 0) is 4.74 Å². The van der Waals surface area contributed by atoms with Crippen LogP contribution in [0.4, 0.5) is 15.3 Å². The van der Waals surface area contributed by atoms with Gasteiger partial charge in [-0.3, -0.25) is 0 Å². The van der Waals surface area contributed by atoms with E-state index >= 15 is 0 Å². The van der Waals surface area contributed by atoms with Crippen LogP contribution in [0.3, 0.4) is 0 Å². The fourth-order valence-corrected chi connectivity index (χ4v) is 2.07. The zero-order chi connectivity index (χ0) is 17.8. The van der Waals surface area contributed by atoms with Gasteiger partial charge in [-0.1, -0.05) is 13.8 Å². The third-order valence-electron chi connectivity index (χ3n) is 3.41. The highest BCUT2D eigenvalue weighted by atomic mass is 16.7. The molecule has 0 aliphatic carbocycles. The number of carbonyl (C=O) groups is 2. The zero-order valence-corrected chi connectivity index (χ0v) is 14.6. The third kappa shape index (κ3) is 7.82. The highest BCUT2D eigenvalue weighted by Gasteiger charge is 2.06. The number of carbonyl (C=O) groups excluding carboxylic acids is 2. The molecule has 0 radical (unpaired) electrons. The Labute approximate surface area is 143 Å². The van der Waals surface area contributed by atoms with Crippen molar-refractivity contribution in [1.82, 2.24) is 10.2 Å². The second-order valence-electron chi connectivity index (χ2n) is 5.07. The molecule has 7 heteroatoms. The number of hydrogen-bond donors (Lipinski definition) is 2. The highest BCUT2D eigenvalue weighted by Crippen LogP contribution is 2.16. The van der Waals surface area contributed by atoms with E-state index in [-0.39, 0.29) is 12.6 Å². The molecule has 0 heterocycles. The fraction of sp³-hybridized carbons (Fsp3) is 0.529. The largest absolute Gasteiger partial charge is 0.513 e. The molecule has 1 aromatic rings. The molecule has 0 atom stereocenters. The molecule has 24 heavy (non-hydrogen) atoms. The molecule has 134 valence electrons. The van der Waals surface area contributed by atoms with Crippen molar-refractivity contribution in [2.75, 3.05) is 38.1 Å². The molecule has 0 saturated heterocycles. The first-order valence-corrected chi connectivity index (χ1v) is 8.30. The Morgan fingerprint density at radius 3 is 2.33 bits per heavy atom. The van der Waals surface area contributed by atoms with E-state index in [0.717, 1.165) is 26.1 Å². The molecule has 1 rings (SSSR count). The van der Waals surface area contributed by atoms with Crippen LogP contribution in [0.5, 0.6) is 5.75 Å². The van der Waals surface area contributed by atoms with Crippen molar-refractivity contribution in [2.45, 2.75) is 27.2 Å². The van der Waals surface area contributed by atoms with Crippen LogP contribution in [0.2, 0.25) is 0 Å². The molecular weight excluding hydrogens is 310 g/mol. The first-order chi connectivity index (χ1) is 11.6. The first-order valence-electron chi connectivity index (χ1n) is 8.30. The molecule has 0 spiro atoms. The molecule has 0 aliphatic heterocycles. The lowest BCUT2D eigenvalue weighted by Gasteiger charge is -2.17. The van der Waals surface area contributed by atoms with Crippen LogP contribution in [0, 0.1) is 0 Å². The van der Waals surface area contributed by atoms with Crippen LogP contribution in [0.25, 0.3) is 0 Å². The summed E-state index contributed by atoms with van der Waals surface area (Å²) in [5.41, 5.74) is 0.618. The number of ether oxygens (including phenoxy) is 2. The lowest BCUT2D eigenvalue weighted by atomic mass is 10.3. The summed E-state index contributed by atoms with van der Waals surface area (Å²) in [6.45, 7) is 9.82. The van der Waals surface area contributed by atoms with Crippen molar-refractivity contribution >= 4 is 17.9 Å². The molecule has 0 saturated carbocycles. The van der Waals surface area contributed by atoms with E-state index in [2.05, 4.69) is 34.1 Å². The molecule has 0 aromatic heterocycles. The lowest BCUT2D eigenvalue weighted by molar-refractivity contribution is 0.104. The Kier molecular flexibility index (Phi) is 9.29. The smallest absolute Gasteiger partial charge is 0.434 e. The molecule has 0 aliphatic rings. The summed E-state index contributed by atoms with van der Waals surface area (Å²) in [5, 5.41) is 5.54. The van der Waals surface area contributed by atoms with Crippen LogP contribution in [0.1, 0.15) is 27.2 Å². The van der Waals surface area contributed by atoms with Gasteiger partial charge in [0.15, 0.2) is 0 Å². The normalized spacial score (nSPS) is 10.3. The van der Waals surface area contributed by atoms with Gasteiger partial charge in [-0.15, -0.1) is 0 Å². The molecule has 2 N–H and O–H groups in total. The number of nitrogens with one attached hydrogen (secondary N) is 2. The van der Waals surface area contributed by atoms with Crippen molar-refractivity contribution in [3.63, 3.8) is 0 Å². The standard InChI is InChI=1S/C17H27N3O4/c1-4-20(5-2)13-7-12-18-16(21)19-14-8-10-15(11-9-14)24-17(22)23-6-3/h8-11H,4-7,12-13H2,1-3H3,(H2,18,19,21). The van der Waals surface area contributed by atoms with E-state index in [1.807, 2.05) is 0 Å². The van der Waals surface area contributed by atoms with Gasteiger partial charge >= 0.3 is 12.2 Å². The molecule has 0 fully saturated rings. The summed E-state index contributed by atoms with van der Waals surface area (Å²) in [4.78, 5) is 25.3. The summed E-state index contributed by atoms with van der Waals surface area (Å²) >= 11 is 0. The van der Waals surface area contributed by atoms with E-state index in [1.165, 1.54) is 0 Å². The number of anilines is 1. The quantitative estimate of drug-likeness (QED) is 0.411. The minimum Gasteiger partial charge on any atom is -0.434 e. The summed E-state index contributed by atoms with van der Waals surface area (Å²) in [7, 11) is 0. The zero-order valence-electron chi connectivity index (χ0n) is 14.6. The second kappa shape index (κ2) is 11.3. The SMILES string of the molecule is CCOC(=O)Oc1ccc(NC(=O)NCCCN(CC)CC)cc1. The maximum Gasteiger partial charge on any atom is 0.513 e. The predicted molar refractivity (Wildman–Crippen MR) is 93.5 cm³/mol. The number of rotatable bonds is 9. The first kappa shape index (κ1) is 19.8. The Balaban J connectivity index is 2.30. The van der Waals surface area contributed by atoms with Gasteiger partial charge in [0.25, 0.3) is 0 Å². The number of urea groups is 1. The molecule has 0 bridgehead atoms. The predicted octanol–water partition coefficient (Wildman–Crippen LogP) is 3.08. The fourth-order valence-electron chi connectivity index (χ4n) is 2.07. The minimum absolute atomic E-state index is 0.256. The van der Waals surface area contributed by atoms with Crippen molar-refractivity contribution < 1.29 is 19.1 Å². The molecule has 0 unspecified atom stereocenters. The van der Waals surface area contributed by atoms with E-state index in [4.69, 9.17) is 4.74 Å². The highest BCUT2D eigenvalue weighted by molar-refractivity contribution is 5.89. The van der Waals surface area contributed by atoms with Gasteiger partial charge in [0.1, 0.15) is 5.75 Å². The van der Waals surface area contributed by atoms with Crippen LogP contribution >= 0.6 is 0 Å². The van der Waals surface area contributed by atoms with Gasteiger partial charge in [-0.2, -0.15) is 0 Å². The van der Waals surface area contributed by atoms with Crippen molar-refractivity contribution in [3.05, 3.63) is 24.3 Å². The van der Waals surface area contributed by atoms with Gasteiger partial charge in [-0.25, -0.2) is 9.59 Å². The second-order valence-corrected chi connectivity index (χ2v) is 5.07. The summed E-state index contributed by atoms with van der Waals surface area (Å²) in [6.07, 6.45) is 0.158. The maximum absolute atomic E-state index is 11.8. The van der Waals surface area contributed by atoms with Gasteiger partial charge in [-0.05, 0) is 57.2 Å². The Bertz CT molecular complexity index is 501. The van der Waals surface area contributed by atoms with Crippen molar-refractivity contribution in [1.29, 1.82) is 0 Å². The van der Waals surface area contributed by atoms with Crippen LogP contribution in [0.15, 0.2) is 24.3 Å².